The van der Waals surface area contributed by atoms with Gasteiger partial charge in [0.2, 0.25) is 0 Å². The lowest BCUT2D eigenvalue weighted by Gasteiger charge is -2.20. The first-order valence-electron chi connectivity index (χ1n) is 7.53. The Morgan fingerprint density at radius 1 is 1.13 bits per heavy atom. The third-order valence-electron chi connectivity index (χ3n) is 2.76. The van der Waals surface area contributed by atoms with Gasteiger partial charge in [-0.25, -0.2) is 4.79 Å². The third-order valence-corrected chi connectivity index (χ3v) is 2.76. The van der Waals surface area contributed by atoms with Crippen LogP contribution in [-0.4, -0.2) is 17.5 Å². The molecule has 5 nitrogen and oxygen atoms in total. The molecule has 0 rings (SSSR count). The first kappa shape index (κ1) is 20.7. The lowest BCUT2D eigenvalue weighted by atomic mass is 10.1. The van der Waals surface area contributed by atoms with Gasteiger partial charge in [0.15, 0.2) is 5.78 Å². The first-order valence-corrected chi connectivity index (χ1v) is 7.53. The van der Waals surface area contributed by atoms with Crippen LogP contribution in [0.4, 0.5) is 4.79 Å². The second kappa shape index (κ2) is 8.98. The summed E-state index contributed by atoms with van der Waals surface area (Å²) in [5.41, 5.74) is 1.61. The van der Waals surface area contributed by atoms with Crippen molar-refractivity contribution in [2.75, 3.05) is 0 Å². The predicted molar refractivity (Wildman–Crippen MR) is 93.6 cm³/mol. The van der Waals surface area contributed by atoms with E-state index in [0.29, 0.717) is 23.5 Å². The van der Waals surface area contributed by atoms with Crippen LogP contribution in [0.1, 0.15) is 48.0 Å². The Balaban J connectivity index is 4.84. The van der Waals surface area contributed by atoms with Crippen LogP contribution < -0.4 is 10.6 Å². The third kappa shape index (κ3) is 8.66. The highest BCUT2D eigenvalue weighted by molar-refractivity contribution is 5.94. The van der Waals surface area contributed by atoms with Crippen molar-refractivity contribution in [3.63, 3.8) is 0 Å². The smallest absolute Gasteiger partial charge is 0.412 e. The number of ketones is 1. The van der Waals surface area contributed by atoms with E-state index in [9.17, 15) is 9.59 Å². The lowest BCUT2D eigenvalue weighted by molar-refractivity contribution is -0.115. The summed E-state index contributed by atoms with van der Waals surface area (Å²) in [7, 11) is 0. The number of amides is 1. The molecule has 0 fully saturated rings. The first-order chi connectivity index (χ1) is 10.5. The number of alkyl carbamates (subject to hydrolysis) is 1. The molecule has 0 heterocycles. The monoisotopic (exact) mass is 320 g/mol. The molecule has 0 atom stereocenters. The lowest BCUT2D eigenvalue weighted by Crippen LogP contribution is -2.32. The van der Waals surface area contributed by atoms with E-state index in [1.165, 1.54) is 0 Å². The minimum atomic E-state index is -0.573. The SMILES string of the molecule is C=C(NC(/C=C(/C)C(=C)NC(=O)OC(C)(C)C)=C/C)C(=O)CC. The number of Topliss-reactive ketones (excluding diaryl/α,β-unsaturated/α-hetero) is 1. The summed E-state index contributed by atoms with van der Waals surface area (Å²) in [6, 6.07) is 0. The van der Waals surface area contributed by atoms with Crippen molar-refractivity contribution in [3.8, 4) is 0 Å². The molecule has 23 heavy (non-hydrogen) atoms. The molecule has 0 aliphatic carbocycles. The molecule has 0 spiro atoms. The van der Waals surface area contributed by atoms with Crippen LogP contribution in [0.15, 0.2) is 48.0 Å². The molecule has 0 saturated carbocycles. The van der Waals surface area contributed by atoms with Gasteiger partial charge in [0.25, 0.3) is 0 Å². The maximum atomic E-state index is 11.7. The number of hydrogen-bond donors (Lipinski definition) is 2. The molecular formula is C18H28N2O3. The van der Waals surface area contributed by atoms with Gasteiger partial charge in [0, 0.05) is 17.8 Å². The number of allylic oxidation sites excluding steroid dienone is 4. The Bertz CT molecular complexity index is 549. The van der Waals surface area contributed by atoms with Gasteiger partial charge in [-0.3, -0.25) is 10.1 Å². The van der Waals surface area contributed by atoms with E-state index >= 15 is 0 Å². The van der Waals surface area contributed by atoms with Crippen LogP contribution in [0.3, 0.4) is 0 Å². The zero-order chi connectivity index (χ0) is 18.2. The summed E-state index contributed by atoms with van der Waals surface area (Å²) in [6.45, 7) is 18.3. The molecule has 0 aromatic carbocycles. The molecule has 0 aliphatic heterocycles. The molecule has 5 heteroatoms. The molecular weight excluding hydrogens is 292 g/mol. The zero-order valence-corrected chi connectivity index (χ0v) is 15.0. The fourth-order valence-corrected chi connectivity index (χ4v) is 1.49. The summed E-state index contributed by atoms with van der Waals surface area (Å²) in [4.78, 5) is 23.3. The van der Waals surface area contributed by atoms with E-state index in [-0.39, 0.29) is 5.78 Å². The average molecular weight is 320 g/mol. The standard InChI is InChI=1S/C18H28N2O3/c1-9-15(19-14(5)16(21)10-2)11-12(3)13(4)20-17(22)23-18(6,7)8/h9,11,19H,4-5,10H2,1-3,6-8H3,(H,20,22)/b12-11-,15-9+. The Kier molecular flexibility index (Phi) is 8.08. The normalized spacial score (nSPS) is 12.4. The van der Waals surface area contributed by atoms with Crippen molar-refractivity contribution in [1.82, 2.24) is 10.6 Å². The second-order valence-electron chi connectivity index (χ2n) is 6.06. The summed E-state index contributed by atoms with van der Waals surface area (Å²) in [5.74, 6) is -0.0545. The van der Waals surface area contributed by atoms with Crippen molar-refractivity contribution >= 4 is 11.9 Å². The topological polar surface area (TPSA) is 67.4 Å². The second-order valence-corrected chi connectivity index (χ2v) is 6.06. The van der Waals surface area contributed by atoms with E-state index < -0.39 is 11.7 Å². The van der Waals surface area contributed by atoms with Crippen molar-refractivity contribution in [2.24, 2.45) is 0 Å². The van der Waals surface area contributed by atoms with E-state index in [4.69, 9.17) is 4.74 Å². The predicted octanol–water partition coefficient (Wildman–Crippen LogP) is 3.96. The van der Waals surface area contributed by atoms with Crippen molar-refractivity contribution in [3.05, 3.63) is 48.0 Å². The fourth-order valence-electron chi connectivity index (χ4n) is 1.49. The minimum absolute atomic E-state index is 0.0545. The number of rotatable bonds is 7. The molecule has 0 bridgehead atoms. The van der Waals surface area contributed by atoms with Gasteiger partial charge in [-0.2, -0.15) is 0 Å². The number of ether oxygens (including phenoxy) is 1. The fraction of sp³-hybridized carbons (Fsp3) is 0.444. The Morgan fingerprint density at radius 2 is 1.70 bits per heavy atom. The highest BCUT2D eigenvalue weighted by Gasteiger charge is 2.16. The van der Waals surface area contributed by atoms with Crippen molar-refractivity contribution in [1.29, 1.82) is 0 Å². The number of carbonyl (C=O) groups excluding carboxylic acids is 2. The van der Waals surface area contributed by atoms with Crippen LogP contribution in [0.25, 0.3) is 0 Å². The average Bonchev–Trinajstić information content (AvgIpc) is 2.42. The quantitative estimate of drug-likeness (QED) is 0.550. The molecule has 0 aliphatic rings. The minimum Gasteiger partial charge on any atom is -0.444 e. The summed E-state index contributed by atoms with van der Waals surface area (Å²) >= 11 is 0. The van der Waals surface area contributed by atoms with Crippen molar-refractivity contribution in [2.45, 2.75) is 53.6 Å². The Labute approximate surface area is 139 Å². The molecule has 0 unspecified atom stereocenters. The maximum Gasteiger partial charge on any atom is 0.412 e. The largest absolute Gasteiger partial charge is 0.444 e. The molecule has 0 radical (unpaired) electrons. The van der Waals surface area contributed by atoms with Gasteiger partial charge in [0.1, 0.15) is 5.60 Å². The molecule has 0 saturated heterocycles. The molecule has 1 amide bonds. The molecule has 128 valence electrons. The van der Waals surface area contributed by atoms with E-state index in [1.54, 1.807) is 46.8 Å². The van der Waals surface area contributed by atoms with Gasteiger partial charge in [-0.1, -0.05) is 26.2 Å². The Morgan fingerprint density at radius 3 is 2.13 bits per heavy atom. The van der Waals surface area contributed by atoms with Gasteiger partial charge in [-0.15, -0.1) is 0 Å². The van der Waals surface area contributed by atoms with Gasteiger partial charge in [0.05, 0.1) is 5.70 Å². The van der Waals surface area contributed by atoms with Gasteiger partial charge >= 0.3 is 6.09 Å². The molecule has 0 aromatic rings. The Hall–Kier alpha value is -2.30. The van der Waals surface area contributed by atoms with E-state index in [1.807, 2.05) is 6.92 Å². The van der Waals surface area contributed by atoms with E-state index in [2.05, 4.69) is 23.8 Å². The van der Waals surface area contributed by atoms with Crippen LogP contribution in [0, 0.1) is 0 Å². The van der Waals surface area contributed by atoms with Crippen LogP contribution in [0.5, 0.6) is 0 Å². The van der Waals surface area contributed by atoms with Crippen molar-refractivity contribution < 1.29 is 14.3 Å². The summed E-state index contributed by atoms with van der Waals surface area (Å²) in [5, 5.41) is 5.53. The van der Waals surface area contributed by atoms with Gasteiger partial charge in [-0.05, 0) is 46.3 Å². The molecule has 0 aromatic heterocycles. The van der Waals surface area contributed by atoms with Crippen LogP contribution >= 0.6 is 0 Å². The number of hydrogen-bond acceptors (Lipinski definition) is 4. The number of carbonyl (C=O) groups is 2. The highest BCUT2D eigenvalue weighted by atomic mass is 16.6. The summed E-state index contributed by atoms with van der Waals surface area (Å²) in [6.07, 6.45) is 3.40. The van der Waals surface area contributed by atoms with Crippen LogP contribution in [0.2, 0.25) is 0 Å². The zero-order valence-electron chi connectivity index (χ0n) is 15.0. The molecule has 2 N–H and O–H groups in total. The van der Waals surface area contributed by atoms with E-state index in [0.717, 1.165) is 5.57 Å². The van der Waals surface area contributed by atoms with Crippen LogP contribution in [-0.2, 0) is 9.53 Å². The van der Waals surface area contributed by atoms with Gasteiger partial charge < -0.3 is 10.1 Å². The number of nitrogens with one attached hydrogen (secondary N) is 2. The highest BCUT2D eigenvalue weighted by Crippen LogP contribution is 2.11. The summed E-state index contributed by atoms with van der Waals surface area (Å²) < 4.78 is 5.17. The maximum absolute atomic E-state index is 11.7.